The topological polar surface area (TPSA) is 49.6 Å². The number of fused-ring (bicyclic) bond motifs is 1. The molecule has 1 aliphatic rings. The van der Waals surface area contributed by atoms with Gasteiger partial charge in [-0.15, -0.1) is 0 Å². The van der Waals surface area contributed by atoms with Gasteiger partial charge in [-0.1, -0.05) is 30.3 Å². The molecule has 1 saturated heterocycles. The van der Waals surface area contributed by atoms with Gasteiger partial charge in [0, 0.05) is 38.1 Å². The van der Waals surface area contributed by atoms with Crippen molar-refractivity contribution in [2.75, 3.05) is 19.6 Å². The third-order valence-corrected chi connectivity index (χ3v) is 5.33. The van der Waals surface area contributed by atoms with Gasteiger partial charge >= 0.3 is 0 Å². The summed E-state index contributed by atoms with van der Waals surface area (Å²) in [5, 5.41) is 3.16. The van der Waals surface area contributed by atoms with E-state index < -0.39 is 0 Å². The first kappa shape index (κ1) is 17.7. The minimum Gasteiger partial charge on any atom is -0.348 e. The Bertz CT molecular complexity index is 910. The Labute approximate surface area is 160 Å². The summed E-state index contributed by atoms with van der Waals surface area (Å²) >= 11 is 0. The number of amides is 1. The first-order valence-electron chi connectivity index (χ1n) is 9.70. The highest BCUT2D eigenvalue weighted by atomic mass is 16.2. The number of carbonyl (C=O) groups excluding carboxylic acids is 1. The maximum atomic E-state index is 12.6. The first-order chi connectivity index (χ1) is 13.2. The minimum atomic E-state index is -0.0703. The average molecular weight is 362 g/mol. The van der Waals surface area contributed by atoms with Gasteiger partial charge in [0.05, 0.1) is 0 Å². The van der Waals surface area contributed by atoms with Gasteiger partial charge in [-0.05, 0) is 49.4 Å². The second-order valence-corrected chi connectivity index (χ2v) is 7.42. The van der Waals surface area contributed by atoms with Crippen molar-refractivity contribution in [3.63, 3.8) is 0 Å². The van der Waals surface area contributed by atoms with Crippen molar-refractivity contribution in [3.8, 4) is 0 Å². The average Bonchev–Trinajstić information content (AvgIpc) is 3.11. The molecule has 0 radical (unpaired) electrons. The van der Waals surface area contributed by atoms with Gasteiger partial charge in [-0.3, -0.25) is 4.79 Å². The Morgan fingerprint density at radius 2 is 1.96 bits per heavy atom. The van der Waals surface area contributed by atoms with Crippen LogP contribution in [-0.4, -0.2) is 45.9 Å². The van der Waals surface area contributed by atoms with Gasteiger partial charge < -0.3 is 14.6 Å². The van der Waals surface area contributed by atoms with E-state index in [1.165, 1.54) is 5.56 Å². The predicted octanol–water partition coefficient (Wildman–Crippen LogP) is 3.08. The summed E-state index contributed by atoms with van der Waals surface area (Å²) in [6.07, 6.45) is 6.82. The van der Waals surface area contributed by atoms with Crippen molar-refractivity contribution >= 4 is 11.6 Å². The van der Waals surface area contributed by atoms with Crippen LogP contribution in [0.3, 0.4) is 0 Å². The molecule has 0 atom stereocenters. The molecular formula is C22H26N4O. The zero-order valence-corrected chi connectivity index (χ0v) is 15.8. The number of benzene rings is 1. The minimum absolute atomic E-state index is 0.0703. The Balaban J connectivity index is 1.27. The van der Waals surface area contributed by atoms with Gasteiger partial charge in [0.25, 0.3) is 5.91 Å². The number of piperidine rings is 1. The van der Waals surface area contributed by atoms with Crippen LogP contribution in [0.1, 0.15) is 34.5 Å². The van der Waals surface area contributed by atoms with E-state index in [0.717, 1.165) is 50.1 Å². The molecule has 1 amide bonds. The van der Waals surface area contributed by atoms with E-state index in [2.05, 4.69) is 45.5 Å². The maximum absolute atomic E-state index is 12.6. The highest BCUT2D eigenvalue weighted by molar-refractivity contribution is 5.93. The molecule has 1 N–H and O–H groups in total. The van der Waals surface area contributed by atoms with Crippen LogP contribution in [-0.2, 0) is 6.42 Å². The second-order valence-electron chi connectivity index (χ2n) is 7.42. The molecule has 5 heteroatoms. The molecule has 1 aliphatic heterocycles. The van der Waals surface area contributed by atoms with Gasteiger partial charge in [0.15, 0.2) is 0 Å². The number of carbonyl (C=O) groups is 1. The van der Waals surface area contributed by atoms with E-state index in [1.807, 2.05) is 29.7 Å². The third-order valence-electron chi connectivity index (χ3n) is 5.33. The molecule has 0 bridgehead atoms. The number of nitrogens with one attached hydrogen (secondary N) is 1. The van der Waals surface area contributed by atoms with Crippen molar-refractivity contribution in [3.05, 3.63) is 71.7 Å². The lowest BCUT2D eigenvalue weighted by atomic mass is 10.0. The standard InChI is InChI=1S/C22H26N4O/c1-17-7-14-26-16-20(24-21(26)15-17)22(27)23-19-9-12-25(13-10-19)11-8-18-5-3-2-4-6-18/h2-7,14-16,19H,8-13H2,1H3,(H,23,27). The lowest BCUT2D eigenvalue weighted by Gasteiger charge is -2.32. The fraction of sp³-hybridized carbons (Fsp3) is 0.364. The van der Waals surface area contributed by atoms with Crippen LogP contribution in [0.5, 0.6) is 0 Å². The monoisotopic (exact) mass is 362 g/mol. The predicted molar refractivity (Wildman–Crippen MR) is 107 cm³/mol. The number of aryl methyl sites for hydroxylation is 1. The molecule has 1 aromatic carbocycles. The number of hydrogen-bond donors (Lipinski definition) is 1. The van der Waals surface area contributed by atoms with Crippen LogP contribution in [0.15, 0.2) is 54.9 Å². The number of likely N-dealkylation sites (tertiary alicyclic amines) is 1. The Morgan fingerprint density at radius 1 is 1.19 bits per heavy atom. The van der Waals surface area contributed by atoms with E-state index in [9.17, 15) is 4.79 Å². The van der Waals surface area contributed by atoms with E-state index in [-0.39, 0.29) is 11.9 Å². The molecule has 0 unspecified atom stereocenters. The molecule has 1 fully saturated rings. The molecule has 140 valence electrons. The second kappa shape index (κ2) is 7.92. The summed E-state index contributed by atoms with van der Waals surface area (Å²) in [7, 11) is 0. The number of pyridine rings is 1. The summed E-state index contributed by atoms with van der Waals surface area (Å²) in [6, 6.07) is 14.9. The fourth-order valence-corrected chi connectivity index (χ4v) is 3.69. The van der Waals surface area contributed by atoms with Crippen LogP contribution in [0.4, 0.5) is 0 Å². The van der Waals surface area contributed by atoms with Crippen LogP contribution in [0, 0.1) is 6.92 Å². The van der Waals surface area contributed by atoms with Gasteiger partial charge in [0.2, 0.25) is 0 Å². The lowest BCUT2D eigenvalue weighted by molar-refractivity contribution is 0.0907. The van der Waals surface area contributed by atoms with Crippen molar-refractivity contribution in [1.82, 2.24) is 19.6 Å². The van der Waals surface area contributed by atoms with Gasteiger partial charge in [0.1, 0.15) is 11.3 Å². The molecule has 4 rings (SSSR count). The van der Waals surface area contributed by atoms with E-state index in [0.29, 0.717) is 5.69 Å². The van der Waals surface area contributed by atoms with Crippen LogP contribution in [0.25, 0.3) is 5.65 Å². The largest absolute Gasteiger partial charge is 0.348 e. The third kappa shape index (κ3) is 4.37. The maximum Gasteiger partial charge on any atom is 0.271 e. The molecule has 0 spiro atoms. The number of hydrogen-bond acceptors (Lipinski definition) is 3. The van der Waals surface area contributed by atoms with E-state index in [4.69, 9.17) is 0 Å². The summed E-state index contributed by atoms with van der Waals surface area (Å²) in [4.78, 5) is 19.5. The number of nitrogens with zero attached hydrogens (tertiary/aromatic N) is 3. The summed E-state index contributed by atoms with van der Waals surface area (Å²) in [6.45, 7) is 5.17. The lowest BCUT2D eigenvalue weighted by Crippen LogP contribution is -2.45. The molecule has 0 saturated carbocycles. The Kier molecular flexibility index (Phi) is 5.21. The highest BCUT2D eigenvalue weighted by Crippen LogP contribution is 2.13. The van der Waals surface area contributed by atoms with Crippen molar-refractivity contribution in [2.24, 2.45) is 0 Å². The summed E-state index contributed by atoms with van der Waals surface area (Å²) < 4.78 is 1.90. The molecule has 5 nitrogen and oxygen atoms in total. The molecule has 27 heavy (non-hydrogen) atoms. The Morgan fingerprint density at radius 3 is 2.74 bits per heavy atom. The van der Waals surface area contributed by atoms with Crippen molar-refractivity contribution in [1.29, 1.82) is 0 Å². The molecule has 2 aromatic heterocycles. The van der Waals surface area contributed by atoms with Crippen LogP contribution < -0.4 is 5.32 Å². The number of rotatable bonds is 5. The number of imidazole rings is 1. The molecule has 3 aromatic rings. The van der Waals surface area contributed by atoms with Crippen LogP contribution in [0.2, 0.25) is 0 Å². The summed E-state index contributed by atoms with van der Waals surface area (Å²) in [5.74, 6) is -0.0703. The SMILES string of the molecule is Cc1ccn2cc(C(=O)NC3CCN(CCc4ccccc4)CC3)nc2c1. The first-order valence-corrected chi connectivity index (χ1v) is 9.70. The van der Waals surface area contributed by atoms with E-state index >= 15 is 0 Å². The molecule has 3 heterocycles. The molecule has 0 aliphatic carbocycles. The van der Waals surface area contributed by atoms with Crippen LogP contribution >= 0.6 is 0 Å². The number of aromatic nitrogens is 2. The summed E-state index contributed by atoms with van der Waals surface area (Å²) in [5.41, 5.74) is 3.83. The zero-order chi connectivity index (χ0) is 18.6. The zero-order valence-electron chi connectivity index (χ0n) is 15.8. The van der Waals surface area contributed by atoms with Crippen molar-refractivity contribution in [2.45, 2.75) is 32.2 Å². The van der Waals surface area contributed by atoms with E-state index in [1.54, 1.807) is 6.20 Å². The Hall–Kier alpha value is -2.66. The normalized spacial score (nSPS) is 15.9. The highest BCUT2D eigenvalue weighted by Gasteiger charge is 2.22. The quantitative estimate of drug-likeness (QED) is 0.759. The molecular weight excluding hydrogens is 336 g/mol. The van der Waals surface area contributed by atoms with Crippen molar-refractivity contribution < 1.29 is 4.79 Å². The fourth-order valence-electron chi connectivity index (χ4n) is 3.69. The van der Waals surface area contributed by atoms with Gasteiger partial charge in [-0.2, -0.15) is 0 Å². The smallest absolute Gasteiger partial charge is 0.271 e. The van der Waals surface area contributed by atoms with Gasteiger partial charge in [-0.25, -0.2) is 4.98 Å².